The molecule has 3 aromatic carbocycles. The summed E-state index contributed by atoms with van der Waals surface area (Å²) in [6.45, 7) is 0.770. The normalized spacial score (nSPS) is 17.7. The fraction of sp³-hybridized carbons (Fsp3) is 0.160. The predicted octanol–water partition coefficient (Wildman–Crippen LogP) is 3.66. The Labute approximate surface area is 185 Å². The second-order valence-electron chi connectivity index (χ2n) is 7.87. The van der Waals surface area contributed by atoms with E-state index in [9.17, 15) is 14.4 Å². The van der Waals surface area contributed by atoms with Crippen molar-refractivity contribution in [2.24, 2.45) is 0 Å². The van der Waals surface area contributed by atoms with Crippen LogP contribution in [-0.4, -0.2) is 53.3 Å². The minimum absolute atomic E-state index is 0.135. The van der Waals surface area contributed by atoms with Crippen LogP contribution in [0.25, 0.3) is 11.1 Å². The molecule has 2 aliphatic heterocycles. The predicted molar refractivity (Wildman–Crippen MR) is 122 cm³/mol. The number of carbonyl (C=O) groups excluding carboxylic acids is 3. The molecule has 0 aliphatic carbocycles. The van der Waals surface area contributed by atoms with Gasteiger partial charge in [0.15, 0.2) is 0 Å². The zero-order valence-corrected chi connectivity index (χ0v) is 17.3. The molecule has 4 amide bonds. The van der Waals surface area contributed by atoms with Crippen LogP contribution in [0.4, 0.5) is 16.2 Å². The first-order valence-corrected chi connectivity index (χ1v) is 10.5. The standard InChI is InChI=1S/C25H22N4O3/c30-23-22-16-28(25(32)26-19-9-5-2-6-10-19)13-14-29(22)24(31)20-15-18(11-12-21(20)27-23)17-7-3-1-4-8-17/h1-12,15,22H,13-14,16H2,(H,26,32)(H,27,30)/t22-/m0/s1. The summed E-state index contributed by atoms with van der Waals surface area (Å²) in [5.41, 5.74) is 3.55. The summed E-state index contributed by atoms with van der Waals surface area (Å²) in [5.74, 6) is -0.494. The first-order chi connectivity index (χ1) is 15.6. The number of fused-ring (bicyclic) bond motifs is 2. The van der Waals surface area contributed by atoms with E-state index in [1.807, 2.05) is 60.7 Å². The van der Waals surface area contributed by atoms with Crippen LogP contribution >= 0.6 is 0 Å². The Bertz CT molecular complexity index is 1180. The van der Waals surface area contributed by atoms with Crippen LogP contribution < -0.4 is 10.6 Å². The molecule has 0 saturated carbocycles. The topological polar surface area (TPSA) is 81.8 Å². The number of hydrogen-bond donors (Lipinski definition) is 2. The monoisotopic (exact) mass is 426 g/mol. The Kier molecular flexibility index (Phi) is 5.07. The molecule has 7 nitrogen and oxygen atoms in total. The van der Waals surface area contributed by atoms with Crippen LogP contribution in [0, 0.1) is 0 Å². The first kappa shape index (κ1) is 19.8. The lowest BCUT2D eigenvalue weighted by atomic mass is 10.0. The van der Waals surface area contributed by atoms with Gasteiger partial charge in [0.05, 0.1) is 17.8 Å². The number of para-hydroxylation sites is 1. The lowest BCUT2D eigenvalue weighted by molar-refractivity contribution is -0.121. The van der Waals surface area contributed by atoms with Crippen molar-refractivity contribution in [1.82, 2.24) is 9.80 Å². The molecule has 0 spiro atoms. The lowest BCUT2D eigenvalue weighted by Gasteiger charge is -2.39. The Morgan fingerprint density at radius 1 is 0.875 bits per heavy atom. The third-order valence-electron chi connectivity index (χ3n) is 5.87. The van der Waals surface area contributed by atoms with Crippen LogP contribution in [0.1, 0.15) is 10.4 Å². The number of carbonyl (C=O) groups is 3. The largest absolute Gasteiger partial charge is 0.323 e. The number of rotatable bonds is 2. The highest BCUT2D eigenvalue weighted by Crippen LogP contribution is 2.30. The van der Waals surface area contributed by atoms with Crippen molar-refractivity contribution in [2.45, 2.75) is 6.04 Å². The zero-order valence-electron chi connectivity index (χ0n) is 17.3. The van der Waals surface area contributed by atoms with Crippen molar-refractivity contribution in [3.63, 3.8) is 0 Å². The number of benzene rings is 3. The summed E-state index contributed by atoms with van der Waals surface area (Å²) in [4.78, 5) is 42.2. The smallest absolute Gasteiger partial charge is 0.321 e. The van der Waals surface area contributed by atoms with Crippen LogP contribution in [0.15, 0.2) is 78.9 Å². The van der Waals surface area contributed by atoms with Gasteiger partial charge in [0, 0.05) is 18.8 Å². The summed E-state index contributed by atoms with van der Waals surface area (Å²) >= 11 is 0. The number of nitrogens with zero attached hydrogens (tertiary/aromatic N) is 2. The van der Waals surface area contributed by atoms with E-state index < -0.39 is 6.04 Å². The highest BCUT2D eigenvalue weighted by Gasteiger charge is 2.40. The summed E-state index contributed by atoms with van der Waals surface area (Å²) in [6, 6.07) is 23.4. The lowest BCUT2D eigenvalue weighted by Crippen LogP contribution is -2.60. The van der Waals surface area contributed by atoms with Crippen LogP contribution in [0.3, 0.4) is 0 Å². The van der Waals surface area contributed by atoms with E-state index in [1.54, 1.807) is 28.0 Å². The molecule has 0 bridgehead atoms. The average molecular weight is 426 g/mol. The maximum atomic E-state index is 13.4. The van der Waals surface area contributed by atoms with Gasteiger partial charge in [-0.3, -0.25) is 9.59 Å². The molecule has 0 unspecified atom stereocenters. The van der Waals surface area contributed by atoms with Gasteiger partial charge < -0.3 is 20.4 Å². The van der Waals surface area contributed by atoms with Crippen LogP contribution in [0.2, 0.25) is 0 Å². The molecule has 32 heavy (non-hydrogen) atoms. The van der Waals surface area contributed by atoms with Gasteiger partial charge in [-0.25, -0.2) is 4.79 Å². The van der Waals surface area contributed by atoms with E-state index in [4.69, 9.17) is 0 Å². The molecular weight excluding hydrogens is 404 g/mol. The molecule has 2 aliphatic rings. The third kappa shape index (κ3) is 3.69. The number of urea groups is 1. The van der Waals surface area contributed by atoms with Gasteiger partial charge in [0.1, 0.15) is 6.04 Å². The third-order valence-corrected chi connectivity index (χ3v) is 5.87. The Balaban J connectivity index is 1.38. The van der Waals surface area contributed by atoms with Gasteiger partial charge in [0.25, 0.3) is 5.91 Å². The maximum absolute atomic E-state index is 13.4. The molecule has 160 valence electrons. The van der Waals surface area contributed by atoms with E-state index in [1.165, 1.54) is 0 Å². The fourth-order valence-corrected chi connectivity index (χ4v) is 4.17. The molecular formula is C25H22N4O3. The van der Waals surface area contributed by atoms with E-state index in [0.29, 0.717) is 23.5 Å². The summed E-state index contributed by atoms with van der Waals surface area (Å²) in [5, 5.41) is 5.72. The number of hydrogen-bond acceptors (Lipinski definition) is 3. The molecule has 3 aromatic rings. The Morgan fingerprint density at radius 3 is 2.34 bits per heavy atom. The number of nitrogens with one attached hydrogen (secondary N) is 2. The molecule has 5 rings (SSSR count). The average Bonchev–Trinajstić information content (AvgIpc) is 2.94. The van der Waals surface area contributed by atoms with Gasteiger partial charge in [-0.05, 0) is 35.4 Å². The van der Waals surface area contributed by atoms with Crippen molar-refractivity contribution in [3.8, 4) is 11.1 Å². The van der Waals surface area contributed by atoms with Crippen LogP contribution in [0.5, 0.6) is 0 Å². The van der Waals surface area contributed by atoms with Crippen molar-refractivity contribution in [1.29, 1.82) is 0 Å². The summed E-state index contributed by atoms with van der Waals surface area (Å²) < 4.78 is 0. The van der Waals surface area contributed by atoms with Gasteiger partial charge in [-0.1, -0.05) is 54.6 Å². The highest BCUT2D eigenvalue weighted by molar-refractivity contribution is 6.11. The van der Waals surface area contributed by atoms with Crippen molar-refractivity contribution in [3.05, 3.63) is 84.4 Å². The molecule has 0 radical (unpaired) electrons. The van der Waals surface area contributed by atoms with Crippen molar-refractivity contribution in [2.75, 3.05) is 30.3 Å². The van der Waals surface area contributed by atoms with E-state index >= 15 is 0 Å². The van der Waals surface area contributed by atoms with E-state index in [0.717, 1.165) is 11.1 Å². The molecule has 1 saturated heterocycles. The van der Waals surface area contributed by atoms with E-state index in [2.05, 4.69) is 10.6 Å². The number of anilines is 2. The minimum Gasteiger partial charge on any atom is -0.323 e. The quantitative estimate of drug-likeness (QED) is 0.656. The number of piperazine rings is 1. The molecule has 7 heteroatoms. The summed E-state index contributed by atoms with van der Waals surface area (Å²) in [6.07, 6.45) is 0. The molecule has 0 aromatic heterocycles. The summed E-state index contributed by atoms with van der Waals surface area (Å²) in [7, 11) is 0. The van der Waals surface area contributed by atoms with Crippen molar-refractivity contribution < 1.29 is 14.4 Å². The van der Waals surface area contributed by atoms with Gasteiger partial charge in [-0.15, -0.1) is 0 Å². The zero-order chi connectivity index (χ0) is 22.1. The van der Waals surface area contributed by atoms with Gasteiger partial charge >= 0.3 is 6.03 Å². The first-order valence-electron chi connectivity index (χ1n) is 10.5. The highest BCUT2D eigenvalue weighted by atomic mass is 16.2. The maximum Gasteiger partial charge on any atom is 0.321 e. The Hall–Kier alpha value is -4.13. The number of amides is 4. The van der Waals surface area contributed by atoms with Gasteiger partial charge in [0.2, 0.25) is 5.91 Å². The van der Waals surface area contributed by atoms with Crippen molar-refractivity contribution >= 4 is 29.2 Å². The SMILES string of the molecule is O=C1Nc2ccc(-c3ccccc3)cc2C(=O)N2CCN(C(=O)Nc3ccccc3)C[C@@H]12. The molecule has 1 fully saturated rings. The van der Waals surface area contributed by atoms with Crippen LogP contribution in [-0.2, 0) is 4.79 Å². The second kappa shape index (κ2) is 8.19. The van der Waals surface area contributed by atoms with Gasteiger partial charge in [-0.2, -0.15) is 0 Å². The molecule has 1 atom stereocenters. The minimum atomic E-state index is -0.745. The van der Waals surface area contributed by atoms with E-state index in [-0.39, 0.29) is 30.9 Å². The molecule has 2 N–H and O–H groups in total. The Morgan fingerprint density at radius 2 is 1.59 bits per heavy atom. The molecule has 2 heterocycles. The second-order valence-corrected chi connectivity index (χ2v) is 7.87. The fourth-order valence-electron chi connectivity index (χ4n) is 4.17.